The van der Waals surface area contributed by atoms with E-state index in [1.165, 1.54) is 28.2 Å². The van der Waals surface area contributed by atoms with Crippen LogP contribution in [0.5, 0.6) is 11.5 Å². The molecule has 7 nitrogen and oxygen atoms in total. The number of thioether (sulfide) groups is 1. The average Bonchev–Trinajstić information content (AvgIpc) is 3.23. The third-order valence-electron chi connectivity index (χ3n) is 4.54. The highest BCUT2D eigenvalue weighted by Gasteiger charge is 2.41. The quantitative estimate of drug-likeness (QED) is 0.584. The molecule has 0 N–H and O–H groups in total. The first-order valence-corrected chi connectivity index (χ1v) is 12.2. The van der Waals surface area contributed by atoms with Gasteiger partial charge in [-0.2, -0.15) is 4.31 Å². The maximum absolute atomic E-state index is 12.9. The first-order chi connectivity index (χ1) is 14.0. The van der Waals surface area contributed by atoms with E-state index in [2.05, 4.69) is 15.9 Å². The van der Waals surface area contributed by atoms with Crippen LogP contribution in [0.1, 0.15) is 5.56 Å². The van der Waals surface area contributed by atoms with Crippen LogP contribution in [0.3, 0.4) is 0 Å². The van der Waals surface area contributed by atoms with Gasteiger partial charge in [0.05, 0.1) is 10.8 Å². The van der Waals surface area contributed by atoms with Crippen molar-refractivity contribution in [1.82, 2.24) is 4.31 Å². The van der Waals surface area contributed by atoms with E-state index in [1.54, 1.807) is 30.3 Å². The molecule has 1 saturated heterocycles. The number of carbonyl (C=O) groups excluding carboxylic acids is 1. The second-order valence-electron chi connectivity index (χ2n) is 6.42. The number of benzene rings is 2. The van der Waals surface area contributed by atoms with Crippen LogP contribution < -0.4 is 9.47 Å². The SMILES string of the molecule is O=C(OCc1cc2c(cc1Br)OCCO2)[C@@H]1CSCN1S(=O)(=O)c1ccccc1. The Morgan fingerprint density at radius 1 is 1.17 bits per heavy atom. The second-order valence-corrected chi connectivity index (χ2v) is 10.2. The summed E-state index contributed by atoms with van der Waals surface area (Å²) in [5.41, 5.74) is 0.714. The largest absolute Gasteiger partial charge is 0.486 e. The van der Waals surface area contributed by atoms with Crippen LogP contribution in [-0.2, 0) is 26.2 Å². The van der Waals surface area contributed by atoms with E-state index in [1.807, 2.05) is 0 Å². The van der Waals surface area contributed by atoms with Gasteiger partial charge in [0, 0.05) is 15.8 Å². The molecule has 0 bridgehead atoms. The van der Waals surface area contributed by atoms with Gasteiger partial charge in [0.25, 0.3) is 0 Å². The molecule has 0 unspecified atom stereocenters. The zero-order chi connectivity index (χ0) is 20.4. The van der Waals surface area contributed by atoms with Gasteiger partial charge in [-0.3, -0.25) is 4.79 Å². The molecule has 0 radical (unpaired) electrons. The Hall–Kier alpha value is -1.75. The molecule has 2 aromatic rings. The summed E-state index contributed by atoms with van der Waals surface area (Å²) in [6.07, 6.45) is 0. The summed E-state index contributed by atoms with van der Waals surface area (Å²) in [6.45, 7) is 0.939. The highest BCUT2D eigenvalue weighted by molar-refractivity contribution is 9.10. The van der Waals surface area contributed by atoms with E-state index < -0.39 is 22.0 Å². The van der Waals surface area contributed by atoms with Crippen molar-refractivity contribution in [2.45, 2.75) is 17.5 Å². The van der Waals surface area contributed by atoms with Crippen LogP contribution in [0.2, 0.25) is 0 Å². The fourth-order valence-electron chi connectivity index (χ4n) is 3.04. The Balaban J connectivity index is 1.47. The highest BCUT2D eigenvalue weighted by Crippen LogP contribution is 2.36. The average molecular weight is 500 g/mol. The molecule has 154 valence electrons. The molecule has 2 aliphatic rings. The number of sulfonamides is 1. The molecule has 1 fully saturated rings. The predicted molar refractivity (Wildman–Crippen MR) is 112 cm³/mol. The molecule has 2 heterocycles. The summed E-state index contributed by atoms with van der Waals surface area (Å²) in [4.78, 5) is 12.9. The molecule has 0 spiro atoms. The molecule has 1 atom stereocenters. The number of ether oxygens (including phenoxy) is 3. The molecule has 10 heteroatoms. The van der Waals surface area contributed by atoms with E-state index >= 15 is 0 Å². The van der Waals surface area contributed by atoms with E-state index in [0.717, 1.165) is 4.47 Å². The standard InChI is InChI=1S/C19H18BrNO6S2/c20-15-9-18-17(25-6-7-26-18)8-13(15)10-27-19(22)16-11-28-12-21(16)29(23,24)14-4-2-1-3-5-14/h1-5,8-9,16H,6-7,10-12H2/t16-/m0/s1. The van der Waals surface area contributed by atoms with Gasteiger partial charge in [-0.15, -0.1) is 11.8 Å². The fourth-order valence-corrected chi connectivity index (χ4v) is 6.62. The van der Waals surface area contributed by atoms with Crippen molar-refractivity contribution >= 4 is 43.7 Å². The minimum atomic E-state index is -3.77. The topological polar surface area (TPSA) is 82.1 Å². The van der Waals surface area contributed by atoms with Crippen LogP contribution in [0.4, 0.5) is 0 Å². The number of esters is 1. The monoisotopic (exact) mass is 499 g/mol. The maximum Gasteiger partial charge on any atom is 0.325 e. The van der Waals surface area contributed by atoms with Crippen molar-refractivity contribution < 1.29 is 27.4 Å². The zero-order valence-corrected chi connectivity index (χ0v) is 18.5. The number of nitrogens with zero attached hydrogens (tertiary/aromatic N) is 1. The summed E-state index contributed by atoms with van der Waals surface area (Å²) >= 11 is 4.83. The summed E-state index contributed by atoms with van der Waals surface area (Å²) in [5, 5.41) is 0. The number of hydrogen-bond donors (Lipinski definition) is 0. The summed E-state index contributed by atoms with van der Waals surface area (Å²) in [7, 11) is -3.77. The molecule has 4 rings (SSSR count). The van der Waals surface area contributed by atoms with Crippen LogP contribution in [0.15, 0.2) is 51.8 Å². The lowest BCUT2D eigenvalue weighted by atomic mass is 10.2. The van der Waals surface area contributed by atoms with Gasteiger partial charge >= 0.3 is 5.97 Å². The number of halogens is 1. The number of carbonyl (C=O) groups is 1. The highest BCUT2D eigenvalue weighted by atomic mass is 79.9. The van der Waals surface area contributed by atoms with E-state index in [0.29, 0.717) is 36.0 Å². The van der Waals surface area contributed by atoms with Gasteiger partial charge in [0.2, 0.25) is 10.0 Å². The van der Waals surface area contributed by atoms with E-state index in [9.17, 15) is 13.2 Å². The predicted octanol–water partition coefficient (Wildman–Crippen LogP) is 3.03. The molecular formula is C19H18BrNO6S2. The van der Waals surface area contributed by atoms with Crippen molar-refractivity contribution in [3.63, 3.8) is 0 Å². The lowest BCUT2D eigenvalue weighted by Gasteiger charge is -2.22. The smallest absolute Gasteiger partial charge is 0.325 e. The van der Waals surface area contributed by atoms with Gasteiger partial charge in [-0.25, -0.2) is 8.42 Å². The van der Waals surface area contributed by atoms with Gasteiger partial charge in [-0.1, -0.05) is 34.1 Å². The first kappa shape index (κ1) is 20.5. The van der Waals surface area contributed by atoms with Crippen molar-refractivity contribution in [3.8, 4) is 11.5 Å². The molecule has 0 aromatic heterocycles. The van der Waals surface area contributed by atoms with Gasteiger partial charge in [-0.05, 0) is 24.3 Å². The van der Waals surface area contributed by atoms with Crippen LogP contribution >= 0.6 is 27.7 Å². The molecule has 0 saturated carbocycles. The van der Waals surface area contributed by atoms with Crippen molar-refractivity contribution in [2.24, 2.45) is 0 Å². The van der Waals surface area contributed by atoms with Gasteiger partial charge in [0.1, 0.15) is 25.9 Å². The fraction of sp³-hybridized carbons (Fsp3) is 0.316. The zero-order valence-electron chi connectivity index (χ0n) is 15.2. The normalized spacial score (nSPS) is 19.1. The summed E-state index contributed by atoms with van der Waals surface area (Å²) in [6, 6.07) is 10.8. The number of fused-ring (bicyclic) bond motifs is 1. The van der Waals surface area contributed by atoms with Crippen molar-refractivity contribution in [1.29, 1.82) is 0 Å². The minimum absolute atomic E-state index is 0.00352. The summed E-state index contributed by atoms with van der Waals surface area (Å²) in [5.74, 6) is 1.22. The Morgan fingerprint density at radius 3 is 2.59 bits per heavy atom. The number of rotatable bonds is 5. The molecular weight excluding hydrogens is 482 g/mol. The lowest BCUT2D eigenvalue weighted by Crippen LogP contribution is -2.42. The van der Waals surface area contributed by atoms with Crippen molar-refractivity contribution in [2.75, 3.05) is 24.8 Å². The third-order valence-corrected chi connectivity index (χ3v) is 8.33. The third kappa shape index (κ3) is 4.25. The first-order valence-electron chi connectivity index (χ1n) is 8.86. The molecule has 2 aromatic carbocycles. The molecule has 2 aliphatic heterocycles. The van der Waals surface area contributed by atoms with Gasteiger partial charge in [0.15, 0.2) is 11.5 Å². The Labute approximate surface area is 181 Å². The van der Waals surface area contributed by atoms with Crippen LogP contribution in [0, 0.1) is 0 Å². The van der Waals surface area contributed by atoms with Gasteiger partial charge < -0.3 is 14.2 Å². The Kier molecular flexibility index (Phi) is 6.05. The molecule has 0 amide bonds. The van der Waals surface area contributed by atoms with E-state index in [-0.39, 0.29) is 17.4 Å². The Bertz CT molecular complexity index is 1010. The molecule has 29 heavy (non-hydrogen) atoms. The minimum Gasteiger partial charge on any atom is -0.486 e. The number of hydrogen-bond acceptors (Lipinski definition) is 7. The van der Waals surface area contributed by atoms with E-state index in [4.69, 9.17) is 14.2 Å². The Morgan fingerprint density at radius 2 is 1.86 bits per heavy atom. The van der Waals surface area contributed by atoms with Crippen LogP contribution in [-0.4, -0.2) is 49.6 Å². The summed E-state index contributed by atoms with van der Waals surface area (Å²) < 4.78 is 44.3. The second kappa shape index (κ2) is 8.55. The van der Waals surface area contributed by atoms with Crippen LogP contribution in [0.25, 0.3) is 0 Å². The van der Waals surface area contributed by atoms with Crippen molar-refractivity contribution in [3.05, 3.63) is 52.5 Å². The maximum atomic E-state index is 12.9. The molecule has 0 aliphatic carbocycles. The lowest BCUT2D eigenvalue weighted by molar-refractivity contribution is -0.148.